The standard InChI is InChI=1S/C22H26N4O4S2/c1-4-30-19-10-8-17(9-11-19)20-15-31-22(26(20)13-5-12-24-32(3,28)29)25-21(27)18-7-6-16(2)23-14-18/h6-11,14-15,24H,4-5,12-13H2,1-3H3. The summed E-state index contributed by atoms with van der Waals surface area (Å²) in [5.41, 5.74) is 3.08. The zero-order valence-corrected chi connectivity index (χ0v) is 19.9. The van der Waals surface area contributed by atoms with E-state index in [-0.39, 0.29) is 5.91 Å². The highest BCUT2D eigenvalue weighted by atomic mass is 32.2. The summed E-state index contributed by atoms with van der Waals surface area (Å²) in [6.07, 6.45) is 3.19. The monoisotopic (exact) mass is 474 g/mol. The van der Waals surface area contributed by atoms with Crippen molar-refractivity contribution in [3.63, 3.8) is 0 Å². The van der Waals surface area contributed by atoms with Crippen molar-refractivity contribution < 1.29 is 17.9 Å². The van der Waals surface area contributed by atoms with E-state index in [1.165, 1.54) is 17.5 Å². The van der Waals surface area contributed by atoms with E-state index in [1.54, 1.807) is 12.1 Å². The van der Waals surface area contributed by atoms with Crippen LogP contribution in [0, 0.1) is 6.92 Å². The number of carbonyl (C=O) groups excluding carboxylic acids is 1. The average molecular weight is 475 g/mol. The molecule has 0 unspecified atom stereocenters. The van der Waals surface area contributed by atoms with E-state index < -0.39 is 10.0 Å². The van der Waals surface area contributed by atoms with Crippen molar-refractivity contribution in [1.82, 2.24) is 14.3 Å². The molecule has 0 bridgehead atoms. The van der Waals surface area contributed by atoms with Crippen molar-refractivity contribution in [1.29, 1.82) is 0 Å². The van der Waals surface area contributed by atoms with E-state index >= 15 is 0 Å². The maximum absolute atomic E-state index is 12.7. The number of ether oxygens (including phenoxy) is 1. The highest BCUT2D eigenvalue weighted by Gasteiger charge is 2.11. The lowest BCUT2D eigenvalue weighted by molar-refractivity contribution is 0.0997. The highest BCUT2D eigenvalue weighted by molar-refractivity contribution is 7.88. The van der Waals surface area contributed by atoms with Gasteiger partial charge >= 0.3 is 0 Å². The van der Waals surface area contributed by atoms with Crippen molar-refractivity contribution >= 4 is 27.3 Å². The van der Waals surface area contributed by atoms with Crippen LogP contribution in [-0.2, 0) is 16.6 Å². The van der Waals surface area contributed by atoms with Crippen molar-refractivity contribution in [3.05, 3.63) is 64.0 Å². The number of sulfonamides is 1. The Balaban J connectivity index is 1.93. The molecule has 1 aromatic carbocycles. The van der Waals surface area contributed by atoms with Gasteiger partial charge in [0.15, 0.2) is 4.80 Å². The lowest BCUT2D eigenvalue weighted by atomic mass is 10.1. The molecule has 2 aromatic heterocycles. The van der Waals surface area contributed by atoms with Crippen LogP contribution in [0.15, 0.2) is 53.0 Å². The quantitative estimate of drug-likeness (QED) is 0.480. The third-order valence-electron chi connectivity index (χ3n) is 4.54. The Labute approximate surface area is 191 Å². The predicted octanol–water partition coefficient (Wildman–Crippen LogP) is 3.00. The van der Waals surface area contributed by atoms with Gasteiger partial charge in [0.2, 0.25) is 10.0 Å². The molecule has 0 fully saturated rings. The van der Waals surface area contributed by atoms with Gasteiger partial charge in [-0.3, -0.25) is 9.78 Å². The summed E-state index contributed by atoms with van der Waals surface area (Å²) < 4.78 is 32.7. The summed E-state index contributed by atoms with van der Waals surface area (Å²) in [6.45, 7) is 5.16. The maximum Gasteiger partial charge on any atom is 0.281 e. The number of aryl methyl sites for hydroxylation is 1. The van der Waals surface area contributed by atoms with Crippen LogP contribution in [0.3, 0.4) is 0 Å². The third kappa shape index (κ3) is 6.59. The van der Waals surface area contributed by atoms with E-state index in [2.05, 4.69) is 14.7 Å². The molecule has 0 saturated heterocycles. The maximum atomic E-state index is 12.7. The number of amides is 1. The fourth-order valence-corrected chi connectivity index (χ4v) is 4.44. The largest absolute Gasteiger partial charge is 0.494 e. The number of carbonyl (C=O) groups is 1. The van der Waals surface area contributed by atoms with Gasteiger partial charge < -0.3 is 9.30 Å². The third-order valence-corrected chi connectivity index (χ3v) is 6.13. The fourth-order valence-electron chi connectivity index (χ4n) is 2.99. The van der Waals surface area contributed by atoms with Crippen LogP contribution in [0.1, 0.15) is 29.4 Å². The zero-order valence-electron chi connectivity index (χ0n) is 18.2. The predicted molar refractivity (Wildman–Crippen MR) is 125 cm³/mol. The summed E-state index contributed by atoms with van der Waals surface area (Å²) in [4.78, 5) is 21.7. The minimum atomic E-state index is -3.26. The van der Waals surface area contributed by atoms with Gasteiger partial charge in [-0.2, -0.15) is 4.99 Å². The van der Waals surface area contributed by atoms with E-state index in [0.717, 1.165) is 29.0 Å². The Bertz CT molecular complexity index is 1230. The van der Waals surface area contributed by atoms with Gasteiger partial charge in [0, 0.05) is 30.4 Å². The molecule has 3 aromatic rings. The number of benzene rings is 1. The minimum Gasteiger partial charge on any atom is -0.494 e. The van der Waals surface area contributed by atoms with Crippen LogP contribution in [0.4, 0.5) is 0 Å². The molecule has 0 radical (unpaired) electrons. The Kier molecular flexibility index (Phi) is 7.94. The number of rotatable bonds is 9. The highest BCUT2D eigenvalue weighted by Crippen LogP contribution is 2.23. The number of pyridine rings is 1. The number of thiazole rings is 1. The second kappa shape index (κ2) is 10.7. The molecule has 0 aliphatic carbocycles. The van der Waals surface area contributed by atoms with Gasteiger partial charge in [0.25, 0.3) is 5.91 Å². The molecule has 0 spiro atoms. The average Bonchev–Trinajstić information content (AvgIpc) is 3.14. The Hall–Kier alpha value is -2.82. The van der Waals surface area contributed by atoms with Crippen molar-refractivity contribution in [2.45, 2.75) is 26.8 Å². The Morgan fingerprint density at radius 3 is 2.59 bits per heavy atom. The Morgan fingerprint density at radius 1 is 1.22 bits per heavy atom. The SMILES string of the molecule is CCOc1ccc(-c2csc(=NC(=O)c3ccc(C)nc3)n2CCCNS(C)(=O)=O)cc1. The van der Waals surface area contributed by atoms with Crippen LogP contribution in [0.25, 0.3) is 11.3 Å². The zero-order chi connectivity index (χ0) is 23.1. The Morgan fingerprint density at radius 2 is 1.97 bits per heavy atom. The van der Waals surface area contributed by atoms with Gasteiger partial charge in [-0.15, -0.1) is 11.3 Å². The minimum absolute atomic E-state index is 0.291. The first-order valence-electron chi connectivity index (χ1n) is 10.1. The molecule has 10 heteroatoms. The van der Waals surface area contributed by atoms with Gasteiger partial charge in [-0.25, -0.2) is 13.1 Å². The van der Waals surface area contributed by atoms with Gasteiger partial charge in [-0.05, 0) is 62.2 Å². The molecule has 8 nitrogen and oxygen atoms in total. The van der Waals surface area contributed by atoms with Crippen molar-refractivity contribution in [2.75, 3.05) is 19.4 Å². The molecule has 2 heterocycles. The first-order valence-corrected chi connectivity index (χ1v) is 12.9. The number of hydrogen-bond acceptors (Lipinski definition) is 6. The second-order valence-electron chi connectivity index (χ2n) is 7.14. The topological polar surface area (TPSA) is 103 Å². The molecule has 3 rings (SSSR count). The first kappa shape index (κ1) is 23.8. The smallest absolute Gasteiger partial charge is 0.281 e. The molecule has 0 aliphatic heterocycles. The van der Waals surface area contributed by atoms with Crippen LogP contribution in [-0.4, -0.2) is 43.3 Å². The summed E-state index contributed by atoms with van der Waals surface area (Å²) in [6, 6.07) is 11.2. The van der Waals surface area contributed by atoms with Crippen LogP contribution >= 0.6 is 11.3 Å². The van der Waals surface area contributed by atoms with Gasteiger partial charge in [0.05, 0.1) is 24.1 Å². The molecule has 0 atom stereocenters. The summed E-state index contributed by atoms with van der Waals surface area (Å²) in [5, 5.41) is 1.94. The van der Waals surface area contributed by atoms with E-state index in [0.29, 0.717) is 36.5 Å². The number of nitrogens with zero attached hydrogens (tertiary/aromatic N) is 3. The summed E-state index contributed by atoms with van der Waals surface area (Å²) in [5.74, 6) is 0.406. The first-order chi connectivity index (χ1) is 15.3. The molecule has 1 N–H and O–H groups in total. The normalized spacial score (nSPS) is 12.2. The second-order valence-corrected chi connectivity index (χ2v) is 9.81. The lowest BCUT2D eigenvalue weighted by Gasteiger charge is -2.10. The summed E-state index contributed by atoms with van der Waals surface area (Å²) >= 11 is 1.36. The van der Waals surface area contributed by atoms with Crippen molar-refractivity contribution in [2.24, 2.45) is 4.99 Å². The van der Waals surface area contributed by atoms with Crippen LogP contribution < -0.4 is 14.3 Å². The van der Waals surface area contributed by atoms with Crippen molar-refractivity contribution in [3.8, 4) is 17.0 Å². The number of hydrogen-bond donors (Lipinski definition) is 1. The number of nitrogens with one attached hydrogen (secondary N) is 1. The molecule has 170 valence electrons. The van der Waals surface area contributed by atoms with Gasteiger partial charge in [0.1, 0.15) is 5.75 Å². The molecule has 1 amide bonds. The fraction of sp³-hybridized carbons (Fsp3) is 0.318. The number of aromatic nitrogens is 2. The van der Waals surface area contributed by atoms with E-state index in [9.17, 15) is 13.2 Å². The van der Waals surface area contributed by atoms with Gasteiger partial charge in [-0.1, -0.05) is 0 Å². The summed E-state index contributed by atoms with van der Waals surface area (Å²) in [7, 11) is -3.26. The molecule has 32 heavy (non-hydrogen) atoms. The van der Waals surface area contributed by atoms with Crippen LogP contribution in [0.5, 0.6) is 5.75 Å². The van der Waals surface area contributed by atoms with E-state index in [4.69, 9.17) is 4.74 Å². The molecular weight excluding hydrogens is 448 g/mol. The molecule has 0 saturated carbocycles. The molecular formula is C22H26N4O4S2. The lowest BCUT2D eigenvalue weighted by Crippen LogP contribution is -2.25. The molecule has 0 aliphatic rings. The van der Waals surface area contributed by atoms with E-state index in [1.807, 2.05) is 48.1 Å². The van der Waals surface area contributed by atoms with Crippen LogP contribution in [0.2, 0.25) is 0 Å².